The van der Waals surface area contributed by atoms with Crippen LogP contribution in [0.3, 0.4) is 0 Å². The fourth-order valence-corrected chi connectivity index (χ4v) is 1.03. The summed E-state index contributed by atoms with van der Waals surface area (Å²) in [5.74, 6) is -1.41. The van der Waals surface area contributed by atoms with Crippen molar-refractivity contribution >= 4 is 11.8 Å². The fourth-order valence-electron chi connectivity index (χ4n) is 1.03. The number of carbonyl (C=O) groups is 2. The van der Waals surface area contributed by atoms with Crippen molar-refractivity contribution in [1.29, 1.82) is 0 Å². The van der Waals surface area contributed by atoms with Crippen molar-refractivity contribution in [2.45, 2.75) is 19.4 Å². The van der Waals surface area contributed by atoms with E-state index in [1.807, 2.05) is 0 Å². The molecule has 5 heteroatoms. The second kappa shape index (κ2) is 3.78. The molecule has 1 rings (SSSR count). The van der Waals surface area contributed by atoms with Crippen LogP contribution >= 0.6 is 0 Å². The van der Waals surface area contributed by atoms with E-state index in [1.54, 1.807) is 6.07 Å². The van der Waals surface area contributed by atoms with Gasteiger partial charge in [0.15, 0.2) is 11.3 Å². The van der Waals surface area contributed by atoms with Gasteiger partial charge < -0.3 is 10.8 Å². The number of carbonyl (C=O) groups excluding carboxylic acids is 1. The fraction of sp³-hybridized carbons (Fsp3) is 0.300. The Morgan fingerprint density at radius 2 is 2.07 bits per heavy atom. The smallest absolute Gasteiger partial charge is 0.329 e. The number of nitrogens with two attached hydrogens (primary N) is 1. The van der Waals surface area contributed by atoms with Gasteiger partial charge in [0, 0.05) is 6.92 Å². The lowest BCUT2D eigenvalue weighted by molar-refractivity contribution is -0.143. The van der Waals surface area contributed by atoms with Crippen molar-refractivity contribution in [1.82, 2.24) is 4.98 Å². The van der Waals surface area contributed by atoms with E-state index in [2.05, 4.69) is 4.98 Å². The van der Waals surface area contributed by atoms with Gasteiger partial charge in [-0.05, 0) is 19.1 Å². The Bertz CT molecular complexity index is 413. The number of Topliss-reactive ketones (excluding diaryl/α,β-unsaturated/α-hetero) is 1. The molecule has 0 saturated heterocycles. The predicted octanol–water partition coefficient (Wildman–Crippen LogP) is 0.543. The summed E-state index contributed by atoms with van der Waals surface area (Å²) in [5.41, 5.74) is 4.38. The minimum absolute atomic E-state index is 0.169. The summed E-state index contributed by atoms with van der Waals surface area (Å²) in [6, 6.07) is 4.57. The summed E-state index contributed by atoms with van der Waals surface area (Å²) < 4.78 is 0. The van der Waals surface area contributed by atoms with E-state index < -0.39 is 11.5 Å². The first-order valence-corrected chi connectivity index (χ1v) is 4.36. The molecule has 0 aliphatic heterocycles. The van der Waals surface area contributed by atoms with E-state index in [-0.39, 0.29) is 17.2 Å². The molecule has 15 heavy (non-hydrogen) atoms. The third kappa shape index (κ3) is 2.19. The summed E-state index contributed by atoms with van der Waals surface area (Å²) in [5, 5.41) is 8.87. The summed E-state index contributed by atoms with van der Waals surface area (Å²) in [6.45, 7) is 2.70. The molecule has 0 spiro atoms. The minimum atomic E-state index is -1.58. The molecule has 1 aromatic rings. The van der Waals surface area contributed by atoms with Crippen molar-refractivity contribution in [2.75, 3.05) is 0 Å². The molecule has 0 saturated carbocycles. The van der Waals surface area contributed by atoms with Crippen LogP contribution in [0.1, 0.15) is 30.0 Å². The molecule has 1 atom stereocenters. The van der Waals surface area contributed by atoms with Gasteiger partial charge in [0.25, 0.3) is 0 Å². The largest absolute Gasteiger partial charge is 0.480 e. The SMILES string of the molecule is CC(=O)c1cccc([C@@](C)(N)C(=O)O)n1. The third-order valence-corrected chi connectivity index (χ3v) is 2.09. The van der Waals surface area contributed by atoms with Crippen LogP contribution in [0.2, 0.25) is 0 Å². The number of carboxylic acid groups (broad SMARTS) is 1. The molecule has 1 heterocycles. The number of aromatic nitrogens is 1. The second-order valence-electron chi connectivity index (χ2n) is 3.47. The van der Waals surface area contributed by atoms with Crippen molar-refractivity contribution < 1.29 is 14.7 Å². The zero-order valence-corrected chi connectivity index (χ0v) is 8.52. The van der Waals surface area contributed by atoms with Gasteiger partial charge in [-0.3, -0.25) is 4.79 Å². The summed E-state index contributed by atoms with van der Waals surface area (Å²) in [6.07, 6.45) is 0. The quantitative estimate of drug-likeness (QED) is 0.707. The van der Waals surface area contributed by atoms with E-state index in [0.717, 1.165) is 0 Å². The highest BCUT2D eigenvalue weighted by atomic mass is 16.4. The average Bonchev–Trinajstić information content (AvgIpc) is 2.17. The number of rotatable bonds is 3. The molecule has 0 bridgehead atoms. The van der Waals surface area contributed by atoms with Crippen molar-refractivity contribution in [3.63, 3.8) is 0 Å². The zero-order valence-electron chi connectivity index (χ0n) is 8.52. The number of ketones is 1. The number of hydrogen-bond acceptors (Lipinski definition) is 4. The first kappa shape index (κ1) is 11.3. The first-order chi connectivity index (χ1) is 6.85. The highest BCUT2D eigenvalue weighted by molar-refractivity contribution is 5.92. The molecule has 0 amide bonds. The molecule has 5 nitrogen and oxygen atoms in total. The summed E-state index contributed by atoms with van der Waals surface area (Å²) in [4.78, 5) is 25.8. The van der Waals surface area contributed by atoms with Gasteiger partial charge in [-0.15, -0.1) is 0 Å². The molecule has 0 aliphatic carbocycles. The molecule has 80 valence electrons. The predicted molar refractivity (Wildman–Crippen MR) is 53.4 cm³/mol. The lowest BCUT2D eigenvalue weighted by Crippen LogP contribution is -2.42. The van der Waals surface area contributed by atoms with Gasteiger partial charge >= 0.3 is 5.97 Å². The lowest BCUT2D eigenvalue weighted by atomic mass is 9.98. The van der Waals surface area contributed by atoms with Crippen molar-refractivity contribution in [3.8, 4) is 0 Å². The van der Waals surface area contributed by atoms with Crippen LogP contribution in [0, 0.1) is 0 Å². The molecule has 0 aliphatic rings. The van der Waals surface area contributed by atoms with E-state index in [0.29, 0.717) is 0 Å². The number of hydrogen-bond donors (Lipinski definition) is 2. The zero-order chi connectivity index (χ0) is 11.6. The van der Waals surface area contributed by atoms with Crippen LogP contribution in [0.4, 0.5) is 0 Å². The maximum absolute atomic E-state index is 11.0. The summed E-state index contributed by atoms with van der Waals surface area (Å²) in [7, 11) is 0. The van der Waals surface area contributed by atoms with Gasteiger partial charge in [-0.1, -0.05) is 6.07 Å². The van der Waals surface area contributed by atoms with E-state index in [1.165, 1.54) is 26.0 Å². The molecule has 3 N–H and O–H groups in total. The van der Waals surface area contributed by atoms with Crippen LogP contribution in [0.15, 0.2) is 18.2 Å². The Labute approximate surface area is 86.9 Å². The summed E-state index contributed by atoms with van der Waals surface area (Å²) >= 11 is 0. The average molecular weight is 208 g/mol. The van der Waals surface area contributed by atoms with Crippen LogP contribution in [0.5, 0.6) is 0 Å². The highest BCUT2D eigenvalue weighted by Crippen LogP contribution is 2.15. The Morgan fingerprint density at radius 1 is 1.47 bits per heavy atom. The maximum atomic E-state index is 11.0. The van der Waals surface area contributed by atoms with Gasteiger partial charge in [-0.25, -0.2) is 9.78 Å². The van der Waals surface area contributed by atoms with Crippen LogP contribution in [0.25, 0.3) is 0 Å². The lowest BCUT2D eigenvalue weighted by Gasteiger charge is -2.18. The molecule has 0 aromatic carbocycles. The van der Waals surface area contributed by atoms with Gasteiger partial charge in [0.1, 0.15) is 5.69 Å². The molecular weight excluding hydrogens is 196 g/mol. The third-order valence-electron chi connectivity index (χ3n) is 2.09. The number of carboxylic acids is 1. The normalized spacial score (nSPS) is 14.3. The monoisotopic (exact) mass is 208 g/mol. The van der Waals surface area contributed by atoms with Crippen molar-refractivity contribution in [2.24, 2.45) is 5.73 Å². The van der Waals surface area contributed by atoms with Crippen LogP contribution < -0.4 is 5.73 Å². The van der Waals surface area contributed by atoms with E-state index in [9.17, 15) is 9.59 Å². The standard InChI is InChI=1S/C10H12N2O3/c1-6(13)7-4-3-5-8(12-7)10(2,11)9(14)15/h3-5H,11H2,1-2H3,(H,14,15)/t10-/m1/s1. The Balaban J connectivity index is 3.21. The van der Waals surface area contributed by atoms with Crippen LogP contribution in [-0.2, 0) is 10.3 Å². The van der Waals surface area contributed by atoms with Gasteiger partial charge in [-0.2, -0.15) is 0 Å². The maximum Gasteiger partial charge on any atom is 0.329 e. The Hall–Kier alpha value is -1.75. The van der Waals surface area contributed by atoms with Crippen molar-refractivity contribution in [3.05, 3.63) is 29.6 Å². The number of aliphatic carboxylic acids is 1. The second-order valence-corrected chi connectivity index (χ2v) is 3.47. The highest BCUT2D eigenvalue weighted by Gasteiger charge is 2.32. The van der Waals surface area contributed by atoms with Gasteiger partial charge in [0.2, 0.25) is 0 Å². The molecule has 0 fully saturated rings. The van der Waals surface area contributed by atoms with E-state index in [4.69, 9.17) is 10.8 Å². The van der Waals surface area contributed by atoms with E-state index >= 15 is 0 Å². The Kier molecular flexibility index (Phi) is 2.85. The first-order valence-electron chi connectivity index (χ1n) is 4.36. The number of pyridine rings is 1. The Morgan fingerprint density at radius 3 is 2.53 bits per heavy atom. The topological polar surface area (TPSA) is 93.3 Å². The molecular formula is C10H12N2O3. The number of nitrogens with zero attached hydrogens (tertiary/aromatic N) is 1. The molecule has 0 radical (unpaired) electrons. The molecule has 1 aromatic heterocycles. The minimum Gasteiger partial charge on any atom is -0.480 e. The van der Waals surface area contributed by atoms with Crippen LogP contribution in [-0.4, -0.2) is 21.8 Å². The molecule has 0 unspecified atom stereocenters. The van der Waals surface area contributed by atoms with Gasteiger partial charge in [0.05, 0.1) is 5.69 Å².